The van der Waals surface area contributed by atoms with Gasteiger partial charge in [-0.25, -0.2) is 4.39 Å². The van der Waals surface area contributed by atoms with Crippen molar-refractivity contribution in [2.24, 2.45) is 11.8 Å². The van der Waals surface area contributed by atoms with Crippen LogP contribution in [-0.4, -0.2) is 37.6 Å². The van der Waals surface area contributed by atoms with Gasteiger partial charge in [-0.15, -0.1) is 0 Å². The molecule has 0 amide bonds. The second-order valence-corrected chi connectivity index (χ2v) is 8.68. The summed E-state index contributed by atoms with van der Waals surface area (Å²) in [7, 11) is 1.57. The van der Waals surface area contributed by atoms with Crippen molar-refractivity contribution in [3.8, 4) is 5.75 Å². The molecular formula is C22H27FN2O3. The predicted octanol–water partition coefficient (Wildman–Crippen LogP) is 3.56. The minimum Gasteiger partial charge on any atom is -0.492 e. The van der Waals surface area contributed by atoms with Crippen LogP contribution >= 0.6 is 0 Å². The molecular weight excluding hydrogens is 359 g/mol. The number of aliphatic hydroxyl groups excluding tert-OH is 1. The minimum atomic E-state index is -1.12. The third kappa shape index (κ3) is 2.72. The summed E-state index contributed by atoms with van der Waals surface area (Å²) in [4.78, 5) is 15.6. The van der Waals surface area contributed by atoms with Gasteiger partial charge in [0.25, 0.3) is 0 Å². The summed E-state index contributed by atoms with van der Waals surface area (Å²) in [5, 5.41) is 10.6. The number of hydrogen-bond acceptors (Lipinski definition) is 5. The first-order chi connectivity index (χ1) is 13.6. The van der Waals surface area contributed by atoms with Gasteiger partial charge in [-0.05, 0) is 43.6 Å². The second kappa shape index (κ2) is 6.76. The molecule has 1 aromatic rings. The van der Waals surface area contributed by atoms with Gasteiger partial charge in [0.05, 0.1) is 12.8 Å². The average molecular weight is 386 g/mol. The molecule has 1 unspecified atom stereocenters. The van der Waals surface area contributed by atoms with Gasteiger partial charge in [-0.1, -0.05) is 12.8 Å². The number of hydrogen-bond donors (Lipinski definition) is 1. The maximum Gasteiger partial charge on any atom is 0.169 e. The zero-order valence-electron chi connectivity index (χ0n) is 16.2. The highest BCUT2D eigenvalue weighted by molar-refractivity contribution is 5.86. The van der Waals surface area contributed by atoms with E-state index in [1.165, 1.54) is 31.7 Å². The number of carbonyl (C=O) groups is 1. The summed E-state index contributed by atoms with van der Waals surface area (Å²) in [6.07, 6.45) is 8.24. The summed E-state index contributed by atoms with van der Waals surface area (Å²) < 4.78 is 21.1. The summed E-state index contributed by atoms with van der Waals surface area (Å²) in [5.74, 6) is 1.36. The highest BCUT2D eigenvalue weighted by Crippen LogP contribution is 2.52. The number of carbonyl (C=O) groups excluding carboxylic acids is 1. The lowest BCUT2D eigenvalue weighted by molar-refractivity contribution is -0.105. The molecule has 1 saturated heterocycles. The van der Waals surface area contributed by atoms with E-state index in [-0.39, 0.29) is 17.4 Å². The number of halogens is 1. The van der Waals surface area contributed by atoms with Crippen molar-refractivity contribution in [3.63, 3.8) is 0 Å². The fourth-order valence-electron chi connectivity index (χ4n) is 5.39. The molecule has 0 bridgehead atoms. The molecule has 0 spiro atoms. The number of ether oxygens (including phenoxy) is 1. The van der Waals surface area contributed by atoms with E-state index in [4.69, 9.17) is 4.74 Å². The Labute approximate surface area is 164 Å². The zero-order chi connectivity index (χ0) is 19.4. The molecule has 5 rings (SSSR count). The van der Waals surface area contributed by atoms with Gasteiger partial charge in [-0.3, -0.25) is 4.79 Å². The van der Waals surface area contributed by atoms with Crippen molar-refractivity contribution in [1.82, 2.24) is 0 Å². The molecule has 1 aromatic carbocycles. The Morgan fingerprint density at radius 1 is 1.14 bits per heavy atom. The summed E-state index contributed by atoms with van der Waals surface area (Å²) >= 11 is 0. The van der Waals surface area contributed by atoms with Gasteiger partial charge in [0.2, 0.25) is 0 Å². The van der Waals surface area contributed by atoms with Gasteiger partial charge in [0.1, 0.15) is 18.1 Å². The molecule has 0 aromatic heterocycles. The van der Waals surface area contributed by atoms with Crippen LogP contribution < -0.4 is 14.5 Å². The van der Waals surface area contributed by atoms with Gasteiger partial charge in [0.15, 0.2) is 11.6 Å². The van der Waals surface area contributed by atoms with E-state index in [1.807, 2.05) is 4.90 Å². The van der Waals surface area contributed by atoms with Crippen molar-refractivity contribution < 1.29 is 19.0 Å². The molecule has 1 N–H and O–H groups in total. The van der Waals surface area contributed by atoms with Crippen LogP contribution in [0.15, 0.2) is 17.8 Å². The molecule has 3 fully saturated rings. The Bertz CT molecular complexity index is 822. The Morgan fingerprint density at radius 2 is 1.82 bits per heavy atom. The highest BCUT2D eigenvalue weighted by atomic mass is 19.1. The Morgan fingerprint density at radius 3 is 2.39 bits per heavy atom. The minimum absolute atomic E-state index is 0.265. The monoisotopic (exact) mass is 386 g/mol. The summed E-state index contributed by atoms with van der Waals surface area (Å²) in [5.41, 5.74) is 1.91. The zero-order valence-corrected chi connectivity index (χ0v) is 16.2. The lowest BCUT2D eigenvalue weighted by Crippen LogP contribution is -2.29. The van der Waals surface area contributed by atoms with Gasteiger partial charge < -0.3 is 19.6 Å². The van der Waals surface area contributed by atoms with Crippen LogP contribution in [0.5, 0.6) is 5.75 Å². The van der Waals surface area contributed by atoms with E-state index < -0.39 is 6.10 Å². The van der Waals surface area contributed by atoms with Crippen molar-refractivity contribution in [1.29, 1.82) is 0 Å². The van der Waals surface area contributed by atoms with Crippen LogP contribution in [0, 0.1) is 17.7 Å². The normalized spacial score (nSPS) is 29.2. The van der Waals surface area contributed by atoms with Crippen LogP contribution in [-0.2, 0) is 4.79 Å². The Kier molecular flexibility index (Phi) is 4.34. The SMILES string of the molecule is COc1c(N2C[C@H]3CCCC[C@H]3C2)c(F)cc2c1N(C1CC1)C=C(C=O)C2O. The summed E-state index contributed by atoms with van der Waals surface area (Å²) in [6.45, 7) is 1.72. The van der Waals surface area contributed by atoms with Crippen molar-refractivity contribution in [2.75, 3.05) is 30.0 Å². The first-order valence-corrected chi connectivity index (χ1v) is 10.4. The first-order valence-electron chi connectivity index (χ1n) is 10.4. The molecule has 2 aliphatic carbocycles. The lowest BCUT2D eigenvalue weighted by Gasteiger charge is -2.35. The van der Waals surface area contributed by atoms with E-state index in [0.29, 0.717) is 35.1 Å². The number of methoxy groups -OCH3 is 1. The van der Waals surface area contributed by atoms with Crippen LogP contribution in [0.4, 0.5) is 15.8 Å². The number of fused-ring (bicyclic) bond motifs is 2. The smallest absolute Gasteiger partial charge is 0.169 e. The van der Waals surface area contributed by atoms with Gasteiger partial charge in [-0.2, -0.15) is 0 Å². The summed E-state index contributed by atoms with van der Waals surface area (Å²) in [6, 6.07) is 1.68. The molecule has 5 nitrogen and oxygen atoms in total. The van der Waals surface area contributed by atoms with Crippen molar-refractivity contribution in [3.05, 3.63) is 29.2 Å². The number of anilines is 2. The van der Waals surface area contributed by atoms with Crippen molar-refractivity contribution in [2.45, 2.75) is 50.7 Å². The van der Waals surface area contributed by atoms with Gasteiger partial charge >= 0.3 is 0 Å². The van der Waals surface area contributed by atoms with E-state index >= 15 is 4.39 Å². The van der Waals surface area contributed by atoms with Crippen LogP contribution in [0.2, 0.25) is 0 Å². The number of rotatable bonds is 4. The molecule has 6 heteroatoms. The maximum atomic E-state index is 15.3. The standard InChI is InChI=1S/C22H27FN2O3/c1-28-22-19-17(21(27)15(12-26)11-25(19)16-6-7-16)8-18(23)20(22)24-9-13-4-2-3-5-14(13)10-24/h8,11-14,16,21,27H,2-7,9-10H2,1H3/t13-,14+,21?. The second-order valence-electron chi connectivity index (χ2n) is 8.68. The molecule has 0 radical (unpaired) electrons. The van der Waals surface area contributed by atoms with E-state index in [1.54, 1.807) is 13.3 Å². The fourth-order valence-corrected chi connectivity index (χ4v) is 5.39. The van der Waals surface area contributed by atoms with Crippen LogP contribution in [0.25, 0.3) is 0 Å². The number of nitrogens with zero attached hydrogens (tertiary/aromatic N) is 2. The first kappa shape index (κ1) is 18.0. The van der Waals surface area contributed by atoms with Gasteiger partial charge in [0, 0.05) is 36.5 Å². The third-order valence-corrected chi connectivity index (χ3v) is 6.94. The highest BCUT2D eigenvalue weighted by Gasteiger charge is 2.41. The molecule has 2 heterocycles. The Balaban J connectivity index is 1.61. The average Bonchev–Trinajstić information content (AvgIpc) is 3.46. The number of aliphatic hydroxyl groups is 1. The maximum absolute atomic E-state index is 15.3. The number of aldehydes is 1. The molecule has 2 aliphatic heterocycles. The van der Waals surface area contributed by atoms with Crippen LogP contribution in [0.1, 0.15) is 50.2 Å². The van der Waals surface area contributed by atoms with E-state index in [0.717, 1.165) is 31.6 Å². The molecule has 28 heavy (non-hydrogen) atoms. The largest absolute Gasteiger partial charge is 0.492 e. The topological polar surface area (TPSA) is 53.0 Å². The lowest BCUT2D eigenvalue weighted by atomic mass is 9.82. The predicted molar refractivity (Wildman–Crippen MR) is 105 cm³/mol. The molecule has 150 valence electrons. The third-order valence-electron chi connectivity index (χ3n) is 6.94. The van der Waals surface area contributed by atoms with Crippen molar-refractivity contribution >= 4 is 17.7 Å². The molecule has 4 aliphatic rings. The van der Waals surface area contributed by atoms with E-state index in [9.17, 15) is 9.90 Å². The molecule has 3 atom stereocenters. The van der Waals surface area contributed by atoms with Crippen LogP contribution in [0.3, 0.4) is 0 Å². The Hall–Kier alpha value is -2.08. The quantitative estimate of drug-likeness (QED) is 0.802. The number of benzene rings is 1. The van der Waals surface area contributed by atoms with E-state index in [2.05, 4.69) is 4.90 Å². The fraction of sp³-hybridized carbons (Fsp3) is 0.591. The molecule has 2 saturated carbocycles.